The zero-order valence-electron chi connectivity index (χ0n) is 12.8. The van der Waals surface area contributed by atoms with Crippen molar-refractivity contribution in [2.24, 2.45) is 0 Å². The first-order chi connectivity index (χ1) is 10.7. The molecule has 0 aromatic heterocycles. The van der Waals surface area contributed by atoms with Crippen molar-refractivity contribution in [1.82, 2.24) is 0 Å². The molecule has 0 heterocycles. The number of ether oxygens (including phenoxy) is 1. The van der Waals surface area contributed by atoms with Gasteiger partial charge in [0.15, 0.2) is 0 Å². The van der Waals surface area contributed by atoms with Gasteiger partial charge in [0, 0.05) is 0 Å². The van der Waals surface area contributed by atoms with E-state index in [9.17, 15) is 4.79 Å². The highest BCUT2D eigenvalue weighted by Crippen LogP contribution is 2.24. The third-order valence-electron chi connectivity index (χ3n) is 3.87. The Balaban J connectivity index is 1.97. The van der Waals surface area contributed by atoms with Gasteiger partial charge in [-0.1, -0.05) is 55.5 Å². The van der Waals surface area contributed by atoms with E-state index in [1.165, 1.54) is 0 Å². The van der Waals surface area contributed by atoms with E-state index in [1.54, 1.807) is 0 Å². The molecule has 0 N–H and O–H groups in total. The molecule has 0 unspecified atom stereocenters. The number of aryl methyl sites for hydroxylation is 2. The van der Waals surface area contributed by atoms with Gasteiger partial charge >= 0.3 is 5.97 Å². The Labute approximate surface area is 130 Å². The van der Waals surface area contributed by atoms with Gasteiger partial charge in [-0.25, -0.2) is 4.79 Å². The summed E-state index contributed by atoms with van der Waals surface area (Å²) in [6.45, 7) is 4.03. The maximum Gasteiger partial charge on any atom is 0.344 e. The second kappa shape index (κ2) is 6.02. The van der Waals surface area contributed by atoms with Gasteiger partial charge in [-0.3, -0.25) is 0 Å². The maximum absolute atomic E-state index is 12.6. The number of carbonyl (C=O) groups excluding carboxylic acids is 1. The highest BCUT2D eigenvalue weighted by molar-refractivity contribution is 6.05. The summed E-state index contributed by atoms with van der Waals surface area (Å²) < 4.78 is 5.64. The molecule has 0 aliphatic rings. The summed E-state index contributed by atoms with van der Waals surface area (Å²) >= 11 is 0. The van der Waals surface area contributed by atoms with Gasteiger partial charge in [-0.05, 0) is 47.4 Å². The van der Waals surface area contributed by atoms with E-state index >= 15 is 0 Å². The minimum atomic E-state index is -0.312. The zero-order chi connectivity index (χ0) is 15.5. The third kappa shape index (κ3) is 2.73. The molecule has 0 bridgehead atoms. The highest BCUT2D eigenvalue weighted by Gasteiger charge is 2.13. The highest BCUT2D eigenvalue weighted by atomic mass is 16.5. The number of fused-ring (bicyclic) bond motifs is 1. The second-order valence-electron chi connectivity index (χ2n) is 5.37. The molecule has 3 aromatic carbocycles. The molecule has 3 aromatic rings. The third-order valence-corrected chi connectivity index (χ3v) is 3.87. The predicted molar refractivity (Wildman–Crippen MR) is 89.5 cm³/mol. The number of carbonyl (C=O) groups is 1. The lowest BCUT2D eigenvalue weighted by molar-refractivity contribution is 0.0735. The van der Waals surface area contributed by atoms with Crippen molar-refractivity contribution in [3.63, 3.8) is 0 Å². The lowest BCUT2D eigenvalue weighted by Crippen LogP contribution is -2.10. The topological polar surface area (TPSA) is 26.3 Å². The van der Waals surface area contributed by atoms with Crippen LogP contribution in [0.25, 0.3) is 10.8 Å². The van der Waals surface area contributed by atoms with Crippen molar-refractivity contribution < 1.29 is 9.53 Å². The van der Waals surface area contributed by atoms with Crippen molar-refractivity contribution in [3.05, 3.63) is 77.4 Å². The first kappa shape index (κ1) is 14.3. The summed E-state index contributed by atoms with van der Waals surface area (Å²) in [7, 11) is 0. The van der Waals surface area contributed by atoms with Crippen LogP contribution in [0.4, 0.5) is 0 Å². The molecule has 22 heavy (non-hydrogen) atoms. The van der Waals surface area contributed by atoms with Gasteiger partial charge in [-0.15, -0.1) is 0 Å². The molecule has 0 aliphatic carbocycles. The molecule has 2 nitrogen and oxygen atoms in total. The monoisotopic (exact) mass is 290 g/mol. The zero-order valence-corrected chi connectivity index (χ0v) is 12.8. The smallest absolute Gasteiger partial charge is 0.344 e. The van der Waals surface area contributed by atoms with Crippen molar-refractivity contribution in [1.29, 1.82) is 0 Å². The summed E-state index contributed by atoms with van der Waals surface area (Å²) in [5, 5.41) is 1.95. The quantitative estimate of drug-likeness (QED) is 0.505. The van der Waals surface area contributed by atoms with E-state index in [2.05, 4.69) is 13.0 Å². The largest absolute Gasteiger partial charge is 0.423 e. The lowest BCUT2D eigenvalue weighted by atomic mass is 10.0. The molecule has 110 valence electrons. The molecule has 0 atom stereocenters. The standard InChI is InChI=1S/C20H18O2/c1-3-15-12-11-14(2)19(13-15)22-20(21)18-10-6-8-16-7-4-5-9-17(16)18/h4-13H,3H2,1-2H3. The number of benzene rings is 3. The van der Waals surface area contributed by atoms with Gasteiger partial charge < -0.3 is 4.74 Å². The molecular formula is C20H18O2. The van der Waals surface area contributed by atoms with Crippen molar-refractivity contribution in [3.8, 4) is 5.75 Å². The summed E-state index contributed by atoms with van der Waals surface area (Å²) in [6.07, 6.45) is 0.916. The van der Waals surface area contributed by atoms with Gasteiger partial charge in [-0.2, -0.15) is 0 Å². The molecule has 0 amide bonds. The van der Waals surface area contributed by atoms with Gasteiger partial charge in [0.1, 0.15) is 5.75 Å². The summed E-state index contributed by atoms with van der Waals surface area (Å²) in [4.78, 5) is 12.6. The Morgan fingerprint density at radius 2 is 1.77 bits per heavy atom. The van der Waals surface area contributed by atoms with Crippen LogP contribution in [-0.4, -0.2) is 5.97 Å². The van der Waals surface area contributed by atoms with E-state index in [0.717, 1.165) is 28.3 Å². The molecule has 0 aliphatic heterocycles. The summed E-state index contributed by atoms with van der Waals surface area (Å²) in [5.41, 5.74) is 2.72. The number of hydrogen-bond acceptors (Lipinski definition) is 2. The molecule has 0 radical (unpaired) electrons. The molecule has 3 rings (SSSR count). The van der Waals surface area contributed by atoms with E-state index in [1.807, 2.05) is 61.5 Å². The van der Waals surface area contributed by atoms with Gasteiger partial charge in [0.2, 0.25) is 0 Å². The van der Waals surface area contributed by atoms with Crippen LogP contribution in [0.1, 0.15) is 28.4 Å². The van der Waals surface area contributed by atoms with Crippen LogP contribution in [-0.2, 0) is 6.42 Å². The average molecular weight is 290 g/mol. The molecule has 2 heteroatoms. The maximum atomic E-state index is 12.6. The van der Waals surface area contributed by atoms with Crippen LogP contribution in [0.3, 0.4) is 0 Å². The Morgan fingerprint density at radius 3 is 2.59 bits per heavy atom. The fourth-order valence-corrected chi connectivity index (χ4v) is 2.53. The Morgan fingerprint density at radius 1 is 1.00 bits per heavy atom. The van der Waals surface area contributed by atoms with Gasteiger partial charge in [0.05, 0.1) is 5.56 Å². The number of rotatable bonds is 3. The first-order valence-electron chi connectivity index (χ1n) is 7.48. The fourth-order valence-electron chi connectivity index (χ4n) is 2.53. The molecule has 0 spiro atoms. The molecule has 0 saturated carbocycles. The average Bonchev–Trinajstić information content (AvgIpc) is 2.56. The Hall–Kier alpha value is -2.61. The Kier molecular flexibility index (Phi) is 3.92. The fraction of sp³-hybridized carbons (Fsp3) is 0.150. The van der Waals surface area contributed by atoms with Crippen LogP contribution >= 0.6 is 0 Å². The minimum absolute atomic E-state index is 0.312. The van der Waals surface area contributed by atoms with Crippen molar-refractivity contribution in [2.75, 3.05) is 0 Å². The number of esters is 1. The SMILES string of the molecule is CCc1ccc(C)c(OC(=O)c2cccc3ccccc23)c1. The van der Waals surface area contributed by atoms with E-state index in [0.29, 0.717) is 11.3 Å². The van der Waals surface area contributed by atoms with Crippen molar-refractivity contribution in [2.45, 2.75) is 20.3 Å². The van der Waals surface area contributed by atoms with Crippen LogP contribution in [0.5, 0.6) is 5.75 Å². The minimum Gasteiger partial charge on any atom is -0.423 e. The van der Waals surface area contributed by atoms with Crippen LogP contribution in [0.15, 0.2) is 60.7 Å². The summed E-state index contributed by atoms with van der Waals surface area (Å²) in [5.74, 6) is 0.324. The van der Waals surface area contributed by atoms with Crippen LogP contribution in [0, 0.1) is 6.92 Å². The van der Waals surface area contributed by atoms with Crippen LogP contribution in [0.2, 0.25) is 0 Å². The normalized spacial score (nSPS) is 10.6. The van der Waals surface area contributed by atoms with E-state index in [-0.39, 0.29) is 5.97 Å². The number of hydrogen-bond donors (Lipinski definition) is 0. The molecular weight excluding hydrogens is 272 g/mol. The van der Waals surface area contributed by atoms with E-state index < -0.39 is 0 Å². The summed E-state index contributed by atoms with van der Waals surface area (Å²) in [6, 6.07) is 19.5. The molecule has 0 saturated heterocycles. The predicted octanol–water partition coefficient (Wildman–Crippen LogP) is 4.93. The molecule has 0 fully saturated rings. The van der Waals surface area contributed by atoms with Crippen LogP contribution < -0.4 is 4.74 Å². The van der Waals surface area contributed by atoms with Crippen molar-refractivity contribution >= 4 is 16.7 Å². The first-order valence-corrected chi connectivity index (χ1v) is 7.48. The second-order valence-corrected chi connectivity index (χ2v) is 5.37. The van der Waals surface area contributed by atoms with E-state index in [4.69, 9.17) is 4.74 Å². The lowest BCUT2D eigenvalue weighted by Gasteiger charge is -2.10. The van der Waals surface area contributed by atoms with Gasteiger partial charge in [0.25, 0.3) is 0 Å². The Bertz CT molecular complexity index is 829.